The van der Waals surface area contributed by atoms with Crippen LogP contribution < -0.4 is 5.69 Å². The van der Waals surface area contributed by atoms with Gasteiger partial charge in [0, 0.05) is 25.2 Å². The van der Waals surface area contributed by atoms with Gasteiger partial charge in [0.25, 0.3) is 0 Å². The highest BCUT2D eigenvalue weighted by molar-refractivity contribution is 6.08. The molecule has 4 rings (SSSR count). The Hall–Kier alpha value is -3.21. The summed E-state index contributed by atoms with van der Waals surface area (Å²) in [7, 11) is 0. The summed E-state index contributed by atoms with van der Waals surface area (Å²) in [5.74, 6) is -0.793. The summed E-state index contributed by atoms with van der Waals surface area (Å²) in [4.78, 5) is 32.1. The third-order valence-corrected chi connectivity index (χ3v) is 5.77. The van der Waals surface area contributed by atoms with Crippen molar-refractivity contribution in [2.75, 3.05) is 13.1 Å². The number of carbonyl (C=O) groups excluding carboxylic acids is 1. The molecule has 2 N–H and O–H groups in total. The molecule has 0 spiro atoms. The van der Waals surface area contributed by atoms with E-state index in [4.69, 9.17) is 0 Å². The SMILES string of the molecule is Cl.N#CC1(c2ccccc2)CCN(Cc2[nH]c(=O)[nH]c2C(=O)c2ccc(F)cc2)CC1. The van der Waals surface area contributed by atoms with E-state index >= 15 is 0 Å². The molecule has 0 bridgehead atoms. The van der Waals surface area contributed by atoms with E-state index in [1.165, 1.54) is 24.3 Å². The van der Waals surface area contributed by atoms with Gasteiger partial charge in [0.05, 0.1) is 17.2 Å². The minimum atomic E-state index is -0.518. The molecule has 31 heavy (non-hydrogen) atoms. The van der Waals surface area contributed by atoms with Crippen molar-refractivity contribution in [1.82, 2.24) is 14.9 Å². The normalized spacial score (nSPS) is 15.6. The summed E-state index contributed by atoms with van der Waals surface area (Å²) >= 11 is 0. The number of H-pyrrole nitrogens is 2. The third kappa shape index (κ3) is 4.61. The molecule has 0 unspecified atom stereocenters. The van der Waals surface area contributed by atoms with Gasteiger partial charge in [0.1, 0.15) is 11.5 Å². The Labute approximate surface area is 185 Å². The highest BCUT2D eigenvalue weighted by atomic mass is 35.5. The minimum absolute atomic E-state index is 0. The van der Waals surface area contributed by atoms with Crippen molar-refractivity contribution in [3.05, 3.63) is 93.4 Å². The van der Waals surface area contributed by atoms with Gasteiger partial charge in [-0.05, 0) is 42.7 Å². The van der Waals surface area contributed by atoms with E-state index in [1.54, 1.807) is 0 Å². The number of hydrogen-bond acceptors (Lipinski definition) is 4. The smallest absolute Gasteiger partial charge is 0.308 e. The summed E-state index contributed by atoms with van der Waals surface area (Å²) in [5, 5.41) is 9.84. The average molecular weight is 441 g/mol. The van der Waals surface area contributed by atoms with Crippen molar-refractivity contribution in [3.8, 4) is 6.07 Å². The number of carbonyl (C=O) groups is 1. The minimum Gasteiger partial charge on any atom is -0.308 e. The van der Waals surface area contributed by atoms with Crippen LogP contribution in [0.15, 0.2) is 59.4 Å². The molecule has 1 fully saturated rings. The Morgan fingerprint density at radius 2 is 1.71 bits per heavy atom. The Morgan fingerprint density at radius 1 is 1.06 bits per heavy atom. The standard InChI is InChI=1S/C23H21FN4O2.ClH/c24-18-8-6-16(7-9-18)21(29)20-19(26-22(30)27-20)14-28-12-10-23(15-25,11-13-28)17-4-2-1-3-5-17;/h1-9H,10-14H2,(H2,26,27,30);1H. The molecule has 1 aliphatic heterocycles. The molecule has 3 aromatic rings. The number of nitrogens with zero attached hydrogens (tertiary/aromatic N) is 2. The molecule has 6 nitrogen and oxygen atoms in total. The molecule has 0 atom stereocenters. The molecule has 0 saturated carbocycles. The highest BCUT2D eigenvalue weighted by Crippen LogP contribution is 2.35. The number of imidazole rings is 1. The molecule has 0 radical (unpaired) electrons. The molecule has 2 heterocycles. The lowest BCUT2D eigenvalue weighted by Gasteiger charge is -2.37. The van der Waals surface area contributed by atoms with Crippen molar-refractivity contribution in [3.63, 3.8) is 0 Å². The van der Waals surface area contributed by atoms with Crippen molar-refractivity contribution < 1.29 is 9.18 Å². The quantitative estimate of drug-likeness (QED) is 0.593. The summed E-state index contributed by atoms with van der Waals surface area (Å²) < 4.78 is 13.2. The van der Waals surface area contributed by atoms with Crippen molar-refractivity contribution in [1.29, 1.82) is 5.26 Å². The molecule has 1 aliphatic rings. The Kier molecular flexibility index (Phi) is 6.74. The molecule has 0 aliphatic carbocycles. The van der Waals surface area contributed by atoms with Gasteiger partial charge < -0.3 is 9.97 Å². The van der Waals surface area contributed by atoms with E-state index in [-0.39, 0.29) is 23.9 Å². The number of likely N-dealkylation sites (tertiary alicyclic amines) is 1. The Morgan fingerprint density at radius 3 is 2.32 bits per heavy atom. The molecule has 8 heteroatoms. The first-order chi connectivity index (χ1) is 14.5. The molecular formula is C23H22ClFN4O2. The second-order valence-corrected chi connectivity index (χ2v) is 7.60. The number of aromatic nitrogens is 2. The largest absolute Gasteiger partial charge is 0.323 e. The second kappa shape index (κ2) is 9.29. The summed E-state index contributed by atoms with van der Waals surface area (Å²) in [6, 6.07) is 17.5. The number of benzene rings is 2. The number of nitrogens with one attached hydrogen (secondary N) is 2. The van der Waals surface area contributed by atoms with Crippen molar-refractivity contribution >= 4 is 18.2 Å². The van der Waals surface area contributed by atoms with Gasteiger partial charge >= 0.3 is 5.69 Å². The van der Waals surface area contributed by atoms with Crippen molar-refractivity contribution in [2.24, 2.45) is 0 Å². The summed E-state index contributed by atoms with van der Waals surface area (Å²) in [6.07, 6.45) is 1.34. The van der Waals surface area contributed by atoms with Gasteiger partial charge in [-0.1, -0.05) is 30.3 Å². The van der Waals surface area contributed by atoms with E-state index in [9.17, 15) is 19.2 Å². The zero-order valence-corrected chi connectivity index (χ0v) is 17.5. The topological polar surface area (TPSA) is 92.8 Å². The first kappa shape index (κ1) is 22.5. The fraction of sp³-hybridized carbons (Fsp3) is 0.261. The fourth-order valence-electron chi connectivity index (χ4n) is 4.02. The number of halogens is 2. The van der Waals surface area contributed by atoms with E-state index in [0.717, 1.165) is 5.56 Å². The molecular weight excluding hydrogens is 419 g/mol. The zero-order chi connectivity index (χ0) is 21.1. The Bertz CT molecular complexity index is 1140. The number of hydrogen-bond donors (Lipinski definition) is 2. The summed E-state index contributed by atoms with van der Waals surface area (Å²) in [6.45, 7) is 1.72. The van der Waals surface area contributed by atoms with Crippen LogP contribution in [0.5, 0.6) is 0 Å². The maximum Gasteiger partial charge on any atom is 0.323 e. The summed E-state index contributed by atoms with van der Waals surface area (Å²) in [5.41, 5.74) is 1.04. The zero-order valence-electron chi connectivity index (χ0n) is 16.7. The lowest BCUT2D eigenvalue weighted by atomic mass is 9.74. The van der Waals surface area contributed by atoms with Crippen LogP contribution in [0, 0.1) is 17.1 Å². The average Bonchev–Trinajstić information content (AvgIpc) is 3.15. The van der Waals surface area contributed by atoms with Crippen LogP contribution in [0.3, 0.4) is 0 Å². The molecule has 1 aromatic heterocycles. The second-order valence-electron chi connectivity index (χ2n) is 7.60. The highest BCUT2D eigenvalue weighted by Gasteiger charge is 2.36. The van der Waals surface area contributed by atoms with Gasteiger partial charge in [-0.2, -0.15) is 5.26 Å². The van der Waals surface area contributed by atoms with Crippen LogP contribution in [0.1, 0.15) is 40.2 Å². The Balaban J connectivity index is 0.00000272. The van der Waals surface area contributed by atoms with E-state index in [0.29, 0.717) is 43.7 Å². The number of aromatic amines is 2. The van der Waals surface area contributed by atoms with Gasteiger partial charge in [-0.15, -0.1) is 12.4 Å². The van der Waals surface area contributed by atoms with Gasteiger partial charge in [0.15, 0.2) is 0 Å². The van der Waals surface area contributed by atoms with Gasteiger partial charge in [0.2, 0.25) is 5.78 Å². The number of ketones is 1. The van der Waals surface area contributed by atoms with Crippen LogP contribution in [0.2, 0.25) is 0 Å². The molecule has 160 valence electrons. The van der Waals surface area contributed by atoms with E-state index in [2.05, 4.69) is 20.9 Å². The van der Waals surface area contributed by atoms with Crippen LogP contribution >= 0.6 is 12.4 Å². The predicted molar refractivity (Wildman–Crippen MR) is 117 cm³/mol. The van der Waals surface area contributed by atoms with E-state index in [1.807, 2.05) is 30.3 Å². The van der Waals surface area contributed by atoms with Crippen LogP contribution in [0.25, 0.3) is 0 Å². The van der Waals surface area contributed by atoms with Crippen LogP contribution in [-0.2, 0) is 12.0 Å². The van der Waals surface area contributed by atoms with Crippen molar-refractivity contribution in [2.45, 2.75) is 24.8 Å². The predicted octanol–water partition coefficient (Wildman–Crippen LogP) is 3.55. The van der Waals surface area contributed by atoms with Crippen LogP contribution in [-0.4, -0.2) is 33.7 Å². The number of piperidine rings is 1. The molecule has 0 amide bonds. The van der Waals surface area contributed by atoms with E-state index < -0.39 is 16.9 Å². The maximum atomic E-state index is 13.2. The van der Waals surface area contributed by atoms with Gasteiger partial charge in [-0.3, -0.25) is 9.69 Å². The molecule has 1 saturated heterocycles. The first-order valence-electron chi connectivity index (χ1n) is 9.81. The molecule has 2 aromatic carbocycles. The lowest BCUT2D eigenvalue weighted by molar-refractivity contribution is 0.103. The maximum absolute atomic E-state index is 13.2. The third-order valence-electron chi connectivity index (χ3n) is 5.77. The first-order valence-corrected chi connectivity index (χ1v) is 9.81. The monoisotopic (exact) mass is 440 g/mol. The van der Waals surface area contributed by atoms with Crippen LogP contribution in [0.4, 0.5) is 4.39 Å². The number of rotatable bonds is 5. The van der Waals surface area contributed by atoms with Gasteiger partial charge in [-0.25, -0.2) is 9.18 Å². The number of nitriles is 1. The fourth-order valence-corrected chi connectivity index (χ4v) is 4.02. The lowest BCUT2D eigenvalue weighted by Crippen LogP contribution is -2.41.